The summed E-state index contributed by atoms with van der Waals surface area (Å²) < 4.78 is 74.6. The highest BCUT2D eigenvalue weighted by Gasteiger charge is 2.34. The van der Waals surface area contributed by atoms with Gasteiger partial charge in [0, 0.05) is 11.6 Å². The van der Waals surface area contributed by atoms with E-state index < -0.39 is 40.7 Å². The number of ether oxygens (including phenoxy) is 3. The van der Waals surface area contributed by atoms with Gasteiger partial charge in [0.1, 0.15) is 24.2 Å². The van der Waals surface area contributed by atoms with Gasteiger partial charge in [0.2, 0.25) is 11.6 Å². The van der Waals surface area contributed by atoms with E-state index in [1.807, 2.05) is 6.92 Å². The van der Waals surface area contributed by atoms with Crippen molar-refractivity contribution in [3.8, 4) is 17.2 Å². The van der Waals surface area contributed by atoms with E-state index in [9.17, 15) is 17.6 Å². The number of benzene rings is 3. The zero-order chi connectivity index (χ0) is 23.4. The van der Waals surface area contributed by atoms with Crippen LogP contribution in [0.25, 0.3) is 0 Å². The third-order valence-corrected chi connectivity index (χ3v) is 4.88. The van der Waals surface area contributed by atoms with E-state index in [2.05, 4.69) is 0 Å². The highest BCUT2D eigenvalue weighted by atomic mass is 19.2. The number of halogens is 4. The Morgan fingerprint density at radius 2 is 1.47 bits per heavy atom. The van der Waals surface area contributed by atoms with Crippen LogP contribution < -0.4 is 20.1 Å². The van der Waals surface area contributed by atoms with Crippen LogP contribution in [0, 0.1) is 30.2 Å². The molecule has 0 fully saturated rings. The minimum absolute atomic E-state index is 0.0284. The second-order valence-electron chi connectivity index (χ2n) is 6.90. The van der Waals surface area contributed by atoms with Crippen molar-refractivity contribution < 1.29 is 36.6 Å². The molecule has 1 atom stereocenters. The Balaban J connectivity index is 2.03. The van der Waals surface area contributed by atoms with Gasteiger partial charge in [-0.15, -0.1) is 0 Å². The van der Waals surface area contributed by atoms with E-state index in [1.54, 1.807) is 24.3 Å². The van der Waals surface area contributed by atoms with Crippen molar-refractivity contribution >= 4 is 0 Å². The van der Waals surface area contributed by atoms with Gasteiger partial charge in [-0.25, -0.2) is 14.7 Å². The molecular weight excluding hydrogens is 430 g/mol. The average molecular weight is 451 g/mol. The Bertz CT molecular complexity index is 1080. The fraction of sp³-hybridized carbons (Fsp3) is 0.217. The summed E-state index contributed by atoms with van der Waals surface area (Å²) in [5.41, 5.74) is 0.495. The first-order valence-electron chi connectivity index (χ1n) is 9.44. The topological polar surface area (TPSA) is 62.9 Å². The predicted molar refractivity (Wildman–Crippen MR) is 108 cm³/mol. The van der Waals surface area contributed by atoms with E-state index in [4.69, 9.17) is 24.9 Å². The Morgan fingerprint density at radius 3 is 2.00 bits per heavy atom. The van der Waals surface area contributed by atoms with Crippen molar-refractivity contribution in [3.63, 3.8) is 0 Å². The number of hydrogen-bond donors (Lipinski definition) is 1. The molecule has 2 N–H and O–H groups in total. The van der Waals surface area contributed by atoms with Gasteiger partial charge in [-0.05, 0) is 24.6 Å². The maximum absolute atomic E-state index is 14.9. The van der Waals surface area contributed by atoms with Gasteiger partial charge in [0.05, 0.1) is 19.8 Å². The molecule has 5 nitrogen and oxygen atoms in total. The molecule has 0 aliphatic heterocycles. The number of aryl methyl sites for hydroxylation is 1. The molecule has 1 unspecified atom stereocenters. The Hall–Kier alpha value is -3.30. The number of rotatable bonds is 8. The second-order valence-corrected chi connectivity index (χ2v) is 6.90. The maximum atomic E-state index is 14.9. The summed E-state index contributed by atoms with van der Waals surface area (Å²) >= 11 is 0. The highest BCUT2D eigenvalue weighted by Crippen LogP contribution is 2.40. The van der Waals surface area contributed by atoms with Crippen LogP contribution in [0.2, 0.25) is 0 Å². The number of nitrogens with two attached hydrogens (primary N) is 1. The maximum Gasteiger partial charge on any atom is 0.204 e. The molecule has 0 heterocycles. The highest BCUT2D eigenvalue weighted by molar-refractivity contribution is 5.47. The van der Waals surface area contributed by atoms with Gasteiger partial charge in [0.15, 0.2) is 17.4 Å². The molecule has 0 bridgehead atoms. The van der Waals surface area contributed by atoms with Crippen LogP contribution in [-0.2, 0) is 11.4 Å². The van der Waals surface area contributed by atoms with Crippen molar-refractivity contribution in [2.24, 2.45) is 5.90 Å². The van der Waals surface area contributed by atoms with E-state index in [-0.39, 0.29) is 17.9 Å². The van der Waals surface area contributed by atoms with Crippen molar-refractivity contribution in [1.29, 1.82) is 0 Å². The third kappa shape index (κ3) is 4.49. The molecule has 3 aromatic carbocycles. The number of methoxy groups -OCH3 is 2. The standard InChI is InChI=1S/C23H21F4NO4/c1-12-4-6-13(7-5-12)11-31-23-20(26)18(24)17(19(25)21(23)27)22(32-28)15-9-8-14(29-2)10-16(15)30-3/h4-10,22H,11,28H2,1-3H3. The summed E-state index contributed by atoms with van der Waals surface area (Å²) in [6.07, 6.45) is -1.72. The van der Waals surface area contributed by atoms with E-state index in [0.717, 1.165) is 5.56 Å². The molecule has 0 saturated heterocycles. The Labute approximate surface area is 182 Å². The fourth-order valence-electron chi connectivity index (χ4n) is 3.16. The van der Waals surface area contributed by atoms with Crippen LogP contribution in [0.3, 0.4) is 0 Å². The lowest BCUT2D eigenvalue weighted by molar-refractivity contribution is 0.0724. The normalized spacial score (nSPS) is 11.9. The SMILES string of the molecule is COc1ccc(C(ON)c2c(F)c(F)c(OCc3ccc(C)cc3)c(F)c2F)c(OC)c1. The van der Waals surface area contributed by atoms with Gasteiger partial charge >= 0.3 is 0 Å². The molecule has 32 heavy (non-hydrogen) atoms. The Morgan fingerprint density at radius 1 is 0.844 bits per heavy atom. The zero-order valence-corrected chi connectivity index (χ0v) is 17.5. The quantitative estimate of drug-likeness (QED) is 0.292. The third-order valence-electron chi connectivity index (χ3n) is 4.88. The molecule has 3 aromatic rings. The van der Waals surface area contributed by atoms with Gasteiger partial charge in [-0.1, -0.05) is 29.8 Å². The molecule has 0 spiro atoms. The molecule has 0 radical (unpaired) electrons. The van der Waals surface area contributed by atoms with Crippen LogP contribution in [0.1, 0.15) is 28.4 Å². The van der Waals surface area contributed by atoms with E-state index in [0.29, 0.717) is 11.3 Å². The van der Waals surface area contributed by atoms with Gasteiger partial charge in [0.25, 0.3) is 0 Å². The lowest BCUT2D eigenvalue weighted by Crippen LogP contribution is -2.18. The molecule has 0 amide bonds. The summed E-state index contributed by atoms with van der Waals surface area (Å²) in [5, 5.41) is 0. The molecule has 0 aromatic heterocycles. The average Bonchev–Trinajstić information content (AvgIpc) is 2.81. The molecule has 0 aliphatic rings. The summed E-state index contributed by atoms with van der Waals surface area (Å²) in [5.74, 6) is -2.28. The minimum Gasteiger partial charge on any atom is -0.497 e. The van der Waals surface area contributed by atoms with Gasteiger partial charge < -0.3 is 14.2 Å². The molecule has 0 aliphatic carbocycles. The lowest BCUT2D eigenvalue weighted by atomic mass is 9.98. The summed E-state index contributed by atoms with van der Waals surface area (Å²) in [6, 6.07) is 11.1. The summed E-state index contributed by atoms with van der Waals surface area (Å²) in [6.45, 7) is 1.57. The largest absolute Gasteiger partial charge is 0.497 e. The minimum atomic E-state index is -1.72. The number of hydrogen-bond acceptors (Lipinski definition) is 5. The second kappa shape index (κ2) is 9.88. The van der Waals surface area contributed by atoms with Gasteiger partial charge in [-0.2, -0.15) is 8.78 Å². The molecular formula is C23H21F4NO4. The fourth-order valence-corrected chi connectivity index (χ4v) is 3.16. The van der Waals surface area contributed by atoms with Crippen LogP contribution in [0.4, 0.5) is 17.6 Å². The van der Waals surface area contributed by atoms with Crippen LogP contribution in [0.15, 0.2) is 42.5 Å². The van der Waals surface area contributed by atoms with Crippen LogP contribution >= 0.6 is 0 Å². The van der Waals surface area contributed by atoms with Crippen molar-refractivity contribution in [2.75, 3.05) is 14.2 Å². The monoisotopic (exact) mass is 451 g/mol. The zero-order valence-electron chi connectivity index (χ0n) is 17.5. The lowest BCUT2D eigenvalue weighted by Gasteiger charge is -2.21. The van der Waals surface area contributed by atoms with Gasteiger partial charge in [-0.3, -0.25) is 4.84 Å². The van der Waals surface area contributed by atoms with Crippen molar-refractivity contribution in [3.05, 3.63) is 88.0 Å². The van der Waals surface area contributed by atoms with Crippen molar-refractivity contribution in [2.45, 2.75) is 19.6 Å². The van der Waals surface area contributed by atoms with Crippen LogP contribution in [-0.4, -0.2) is 14.2 Å². The molecule has 0 saturated carbocycles. The first-order valence-corrected chi connectivity index (χ1v) is 9.44. The molecule has 3 rings (SSSR count). The van der Waals surface area contributed by atoms with E-state index >= 15 is 0 Å². The summed E-state index contributed by atoms with van der Waals surface area (Å²) in [4.78, 5) is 4.72. The van der Waals surface area contributed by atoms with E-state index in [1.165, 1.54) is 32.4 Å². The first kappa shape index (κ1) is 23.4. The first-order chi connectivity index (χ1) is 15.3. The smallest absolute Gasteiger partial charge is 0.204 e. The molecule has 170 valence electrons. The van der Waals surface area contributed by atoms with Crippen LogP contribution in [0.5, 0.6) is 17.2 Å². The summed E-state index contributed by atoms with van der Waals surface area (Å²) in [7, 11) is 2.70. The molecule has 9 heteroatoms. The van der Waals surface area contributed by atoms with Crippen molar-refractivity contribution in [1.82, 2.24) is 0 Å². The predicted octanol–water partition coefficient (Wildman–Crippen LogP) is 5.13. The Kier molecular flexibility index (Phi) is 7.22.